The third-order valence-electron chi connectivity index (χ3n) is 3.31. The van der Waals surface area contributed by atoms with Gasteiger partial charge in [0.1, 0.15) is 0 Å². The van der Waals surface area contributed by atoms with Gasteiger partial charge in [-0.3, -0.25) is 0 Å². The van der Waals surface area contributed by atoms with E-state index in [1.165, 1.54) is 11.3 Å². The quantitative estimate of drug-likeness (QED) is 0.856. The summed E-state index contributed by atoms with van der Waals surface area (Å²) < 4.78 is 31.9. The number of nitrogens with one attached hydrogen (secondary N) is 1. The Kier molecular flexibility index (Phi) is 4.97. The van der Waals surface area contributed by atoms with Crippen LogP contribution in [0.2, 0.25) is 0 Å². The van der Waals surface area contributed by atoms with Crippen molar-refractivity contribution in [2.24, 2.45) is 5.92 Å². The maximum atomic E-state index is 12.6. The minimum absolute atomic E-state index is 0.311. The van der Waals surface area contributed by atoms with Crippen molar-refractivity contribution in [3.63, 3.8) is 0 Å². The fraction of sp³-hybridized carbons (Fsp3) is 0.667. The van der Waals surface area contributed by atoms with E-state index in [9.17, 15) is 8.42 Å². The molecule has 1 unspecified atom stereocenters. The van der Waals surface area contributed by atoms with E-state index in [-0.39, 0.29) is 0 Å². The van der Waals surface area contributed by atoms with Gasteiger partial charge in [-0.25, -0.2) is 8.42 Å². The highest BCUT2D eigenvalue weighted by atomic mass is 32.2. The maximum Gasteiger partial charge on any atom is 0.244 e. The van der Waals surface area contributed by atoms with Gasteiger partial charge < -0.3 is 10.1 Å². The van der Waals surface area contributed by atoms with E-state index in [0.29, 0.717) is 37.1 Å². The maximum absolute atomic E-state index is 12.6. The molecule has 0 aliphatic carbocycles. The van der Waals surface area contributed by atoms with Crippen LogP contribution >= 0.6 is 11.3 Å². The van der Waals surface area contributed by atoms with E-state index >= 15 is 0 Å². The Bertz CT molecular complexity index is 513. The minimum Gasteiger partial charge on any atom is -0.384 e. The number of rotatable bonds is 6. The summed E-state index contributed by atoms with van der Waals surface area (Å²) >= 11 is 1.48. The van der Waals surface area contributed by atoms with Gasteiger partial charge in [0.25, 0.3) is 0 Å². The molecule has 1 aliphatic rings. The van der Waals surface area contributed by atoms with Gasteiger partial charge in [0.2, 0.25) is 10.0 Å². The molecule has 5 nitrogen and oxygen atoms in total. The van der Waals surface area contributed by atoms with Gasteiger partial charge in [-0.2, -0.15) is 4.31 Å². The first-order valence-corrected chi connectivity index (χ1v) is 8.61. The van der Waals surface area contributed by atoms with Crippen LogP contribution in [0.1, 0.15) is 11.3 Å². The molecule has 0 spiro atoms. The number of hydrogen-bond acceptors (Lipinski definition) is 5. The molecule has 1 aromatic rings. The van der Waals surface area contributed by atoms with Crippen LogP contribution in [0.3, 0.4) is 0 Å². The summed E-state index contributed by atoms with van der Waals surface area (Å²) in [5, 5.41) is 4.85. The fourth-order valence-electron chi connectivity index (χ4n) is 2.37. The second kappa shape index (κ2) is 6.32. The first-order chi connectivity index (χ1) is 9.09. The molecule has 2 heterocycles. The van der Waals surface area contributed by atoms with E-state index in [2.05, 4.69) is 5.32 Å². The molecule has 1 atom stereocenters. The number of nitrogens with zero attached hydrogens (tertiary/aromatic N) is 1. The first-order valence-electron chi connectivity index (χ1n) is 6.29. The topological polar surface area (TPSA) is 58.6 Å². The zero-order valence-corrected chi connectivity index (χ0v) is 12.9. The minimum atomic E-state index is -3.35. The largest absolute Gasteiger partial charge is 0.384 e. The normalized spacial score (nSPS) is 21.1. The molecule has 0 bridgehead atoms. The molecule has 19 heavy (non-hydrogen) atoms. The van der Waals surface area contributed by atoms with Crippen LogP contribution in [0.25, 0.3) is 0 Å². The number of sulfonamides is 1. The monoisotopic (exact) mass is 304 g/mol. The van der Waals surface area contributed by atoms with Gasteiger partial charge in [0, 0.05) is 31.6 Å². The lowest BCUT2D eigenvalue weighted by Crippen LogP contribution is -2.30. The molecule has 0 radical (unpaired) electrons. The Balaban J connectivity index is 2.16. The van der Waals surface area contributed by atoms with Gasteiger partial charge in [-0.15, -0.1) is 11.3 Å². The molecule has 1 aromatic heterocycles. The molecule has 7 heteroatoms. The molecular weight excluding hydrogens is 284 g/mol. The predicted octanol–water partition coefficient (Wildman–Crippen LogP) is 1.12. The Labute approximate surface area is 118 Å². The third-order valence-corrected chi connectivity index (χ3v) is 6.31. The molecule has 1 fully saturated rings. The molecule has 2 rings (SSSR count). The van der Waals surface area contributed by atoms with Crippen molar-refractivity contribution in [1.29, 1.82) is 0 Å². The zero-order valence-electron chi connectivity index (χ0n) is 11.3. The zero-order chi connectivity index (χ0) is 13.9. The number of ether oxygens (including phenoxy) is 1. The number of thiophene rings is 1. The lowest BCUT2D eigenvalue weighted by atomic mass is 10.1. The summed E-state index contributed by atoms with van der Waals surface area (Å²) in [6.45, 7) is 2.36. The van der Waals surface area contributed by atoms with Gasteiger partial charge in [0.15, 0.2) is 0 Å². The van der Waals surface area contributed by atoms with Crippen molar-refractivity contribution in [2.75, 3.05) is 33.9 Å². The molecule has 0 amide bonds. The standard InChI is InChI=1S/C12H20N2O3S2/c1-13-7-11-12(4-6-18-11)19(15,16)14-5-3-10(8-14)9-17-2/h4,6,10,13H,3,5,7-9H2,1-2H3. The van der Waals surface area contributed by atoms with E-state index in [0.717, 1.165) is 11.3 Å². The van der Waals surface area contributed by atoms with Gasteiger partial charge in [0.05, 0.1) is 11.5 Å². The highest BCUT2D eigenvalue weighted by molar-refractivity contribution is 7.89. The predicted molar refractivity (Wildman–Crippen MR) is 75.8 cm³/mol. The van der Waals surface area contributed by atoms with Crippen molar-refractivity contribution in [2.45, 2.75) is 17.9 Å². The average molecular weight is 304 g/mol. The van der Waals surface area contributed by atoms with Crippen LogP contribution < -0.4 is 5.32 Å². The van der Waals surface area contributed by atoms with Crippen LogP contribution in [-0.2, 0) is 21.3 Å². The molecule has 0 saturated carbocycles. The SMILES string of the molecule is CNCc1sccc1S(=O)(=O)N1CCC(COC)C1. The van der Waals surface area contributed by atoms with Crippen LogP contribution in [-0.4, -0.2) is 46.6 Å². The van der Waals surface area contributed by atoms with E-state index in [1.807, 2.05) is 12.4 Å². The van der Waals surface area contributed by atoms with E-state index in [1.54, 1.807) is 17.5 Å². The Morgan fingerprint density at radius 1 is 1.58 bits per heavy atom. The lowest BCUT2D eigenvalue weighted by molar-refractivity contribution is 0.157. The van der Waals surface area contributed by atoms with Crippen molar-refractivity contribution < 1.29 is 13.2 Å². The van der Waals surface area contributed by atoms with Crippen LogP contribution in [0.4, 0.5) is 0 Å². The van der Waals surface area contributed by atoms with Crippen LogP contribution in [0.5, 0.6) is 0 Å². The lowest BCUT2D eigenvalue weighted by Gasteiger charge is -2.16. The number of methoxy groups -OCH3 is 1. The van der Waals surface area contributed by atoms with Crippen LogP contribution in [0, 0.1) is 5.92 Å². The smallest absolute Gasteiger partial charge is 0.244 e. The van der Waals surface area contributed by atoms with E-state index < -0.39 is 10.0 Å². The molecule has 1 N–H and O–H groups in total. The summed E-state index contributed by atoms with van der Waals surface area (Å²) in [5.41, 5.74) is 0. The van der Waals surface area contributed by atoms with Crippen molar-refractivity contribution in [3.8, 4) is 0 Å². The van der Waals surface area contributed by atoms with Gasteiger partial charge in [-0.05, 0) is 30.8 Å². The van der Waals surface area contributed by atoms with Gasteiger partial charge >= 0.3 is 0 Å². The Morgan fingerprint density at radius 2 is 2.37 bits per heavy atom. The second-order valence-corrected chi connectivity index (χ2v) is 7.62. The van der Waals surface area contributed by atoms with E-state index in [4.69, 9.17) is 4.74 Å². The molecule has 1 aliphatic heterocycles. The fourth-order valence-corrected chi connectivity index (χ4v) is 5.33. The highest BCUT2D eigenvalue weighted by Crippen LogP contribution is 2.29. The second-order valence-electron chi connectivity index (χ2n) is 4.71. The summed E-state index contributed by atoms with van der Waals surface area (Å²) in [7, 11) is 0.123. The highest BCUT2D eigenvalue weighted by Gasteiger charge is 2.33. The van der Waals surface area contributed by atoms with Gasteiger partial charge in [-0.1, -0.05) is 0 Å². The average Bonchev–Trinajstić information content (AvgIpc) is 2.99. The van der Waals surface area contributed by atoms with Crippen molar-refractivity contribution in [1.82, 2.24) is 9.62 Å². The molecule has 1 saturated heterocycles. The van der Waals surface area contributed by atoms with Crippen LogP contribution in [0.15, 0.2) is 16.3 Å². The molecule has 108 valence electrons. The third kappa shape index (κ3) is 3.17. The Morgan fingerprint density at radius 3 is 3.05 bits per heavy atom. The first kappa shape index (κ1) is 14.9. The van der Waals surface area contributed by atoms with Crippen molar-refractivity contribution in [3.05, 3.63) is 16.3 Å². The summed E-state index contributed by atoms with van der Waals surface area (Å²) in [6.07, 6.45) is 0.874. The summed E-state index contributed by atoms with van der Waals surface area (Å²) in [4.78, 5) is 1.32. The summed E-state index contributed by atoms with van der Waals surface area (Å²) in [5.74, 6) is 0.311. The van der Waals surface area contributed by atoms with Crippen molar-refractivity contribution >= 4 is 21.4 Å². The Hall–Kier alpha value is -0.470. The summed E-state index contributed by atoms with van der Waals surface area (Å²) in [6, 6.07) is 1.70. The number of hydrogen-bond donors (Lipinski definition) is 1. The molecule has 0 aromatic carbocycles. The molecular formula is C12H20N2O3S2.